The van der Waals surface area contributed by atoms with E-state index in [1.165, 1.54) is 24.3 Å². The molecule has 100 valence electrons. The summed E-state index contributed by atoms with van der Waals surface area (Å²) in [7, 11) is 0. The van der Waals surface area contributed by atoms with Crippen molar-refractivity contribution >= 4 is 21.8 Å². The van der Waals surface area contributed by atoms with E-state index in [0.717, 1.165) is 0 Å². The molecular weight excluding hydrogens is 315 g/mol. The second-order valence-corrected chi connectivity index (χ2v) is 4.20. The maximum Gasteiger partial charge on any atom is 0.573 e. The minimum atomic E-state index is -4.69. The van der Waals surface area contributed by atoms with Gasteiger partial charge in [-0.2, -0.15) is 0 Å². The molecule has 0 aromatic heterocycles. The van der Waals surface area contributed by atoms with Gasteiger partial charge in [-0.1, -0.05) is 28.1 Å². The number of alkyl halides is 4. The van der Waals surface area contributed by atoms with Gasteiger partial charge in [0.2, 0.25) is 5.91 Å². The number of hydrogen-bond acceptors (Lipinski definition) is 2. The zero-order valence-corrected chi connectivity index (χ0v) is 10.8. The van der Waals surface area contributed by atoms with Crippen LogP contribution in [0.4, 0.5) is 13.2 Å². The molecule has 0 aliphatic rings. The zero-order valence-electron chi connectivity index (χ0n) is 9.26. The summed E-state index contributed by atoms with van der Waals surface area (Å²) in [5.74, 6) is -0.402. The number of carbonyl (C=O) groups is 1. The summed E-state index contributed by atoms with van der Waals surface area (Å²) in [6, 6.07) is 5.35. The van der Waals surface area contributed by atoms with Crippen molar-refractivity contribution in [2.45, 2.75) is 19.3 Å². The third kappa shape index (κ3) is 5.90. The Labute approximate surface area is 110 Å². The molecule has 0 aliphatic heterocycles. The van der Waals surface area contributed by atoms with E-state index in [9.17, 15) is 18.0 Å². The fourth-order valence-electron chi connectivity index (χ4n) is 1.18. The molecule has 0 fully saturated rings. The van der Waals surface area contributed by atoms with Crippen LogP contribution >= 0.6 is 15.9 Å². The van der Waals surface area contributed by atoms with Gasteiger partial charge in [-0.25, -0.2) is 0 Å². The molecule has 0 heterocycles. The Morgan fingerprint density at radius 1 is 1.28 bits per heavy atom. The minimum absolute atomic E-state index is 0.123. The van der Waals surface area contributed by atoms with E-state index in [4.69, 9.17) is 0 Å². The molecule has 0 bridgehead atoms. The maximum atomic E-state index is 11.9. The molecule has 1 rings (SSSR count). The van der Waals surface area contributed by atoms with Gasteiger partial charge in [-0.05, 0) is 17.7 Å². The Hall–Kier alpha value is -1.24. The summed E-state index contributed by atoms with van der Waals surface area (Å²) < 4.78 is 39.4. The molecule has 1 amide bonds. The normalized spacial score (nSPS) is 11.1. The van der Waals surface area contributed by atoms with Gasteiger partial charge in [0.05, 0.1) is 0 Å². The molecule has 7 heteroatoms. The van der Waals surface area contributed by atoms with Crippen molar-refractivity contribution in [3.05, 3.63) is 29.8 Å². The van der Waals surface area contributed by atoms with Crippen LogP contribution in [0.15, 0.2) is 24.3 Å². The number of rotatable bonds is 5. The van der Waals surface area contributed by atoms with Crippen LogP contribution < -0.4 is 10.1 Å². The van der Waals surface area contributed by atoms with Gasteiger partial charge in [0.15, 0.2) is 0 Å². The number of ether oxygens (including phenoxy) is 1. The standard InChI is InChI=1S/C11H11BrF3NO2/c12-6-5-10(17)16-7-8-1-3-9(4-2-8)18-11(13,14)15/h1-4H,5-7H2,(H,16,17). The second-order valence-electron chi connectivity index (χ2n) is 3.41. The van der Waals surface area contributed by atoms with Gasteiger partial charge in [0, 0.05) is 18.3 Å². The highest BCUT2D eigenvalue weighted by molar-refractivity contribution is 9.09. The Bertz CT molecular complexity index is 392. The van der Waals surface area contributed by atoms with Gasteiger partial charge in [0.1, 0.15) is 5.75 Å². The molecule has 0 unspecified atom stereocenters. The van der Waals surface area contributed by atoms with Crippen molar-refractivity contribution in [2.75, 3.05) is 5.33 Å². The molecule has 1 aromatic carbocycles. The molecule has 3 nitrogen and oxygen atoms in total. The van der Waals surface area contributed by atoms with Gasteiger partial charge in [-0.3, -0.25) is 4.79 Å². The van der Waals surface area contributed by atoms with Gasteiger partial charge >= 0.3 is 6.36 Å². The van der Waals surface area contributed by atoms with Crippen molar-refractivity contribution in [2.24, 2.45) is 0 Å². The van der Waals surface area contributed by atoms with Crippen molar-refractivity contribution in [3.8, 4) is 5.75 Å². The molecule has 0 spiro atoms. The van der Waals surface area contributed by atoms with Crippen LogP contribution in [0.2, 0.25) is 0 Å². The summed E-state index contributed by atoms with van der Waals surface area (Å²) >= 11 is 3.13. The smallest absolute Gasteiger partial charge is 0.406 e. The molecule has 1 aromatic rings. The van der Waals surface area contributed by atoms with Crippen molar-refractivity contribution in [3.63, 3.8) is 0 Å². The second kappa shape index (κ2) is 6.63. The van der Waals surface area contributed by atoms with E-state index in [1.54, 1.807) is 0 Å². The summed E-state index contributed by atoms with van der Waals surface area (Å²) in [6.45, 7) is 0.276. The molecule has 1 N–H and O–H groups in total. The average molecular weight is 326 g/mol. The SMILES string of the molecule is O=C(CCBr)NCc1ccc(OC(F)(F)F)cc1. The zero-order chi connectivity index (χ0) is 13.6. The molecule has 0 aliphatic carbocycles. The number of benzene rings is 1. The van der Waals surface area contributed by atoms with Crippen LogP contribution in [0.5, 0.6) is 5.75 Å². The third-order valence-corrected chi connectivity index (χ3v) is 2.36. The molecule has 0 atom stereocenters. The van der Waals surface area contributed by atoms with Gasteiger partial charge < -0.3 is 10.1 Å². The number of carbonyl (C=O) groups excluding carboxylic acids is 1. The Morgan fingerprint density at radius 3 is 2.39 bits per heavy atom. The predicted molar refractivity (Wildman–Crippen MR) is 63.4 cm³/mol. The van der Waals surface area contributed by atoms with Gasteiger partial charge in [-0.15, -0.1) is 13.2 Å². The molecule has 0 saturated carbocycles. The fraction of sp³-hybridized carbons (Fsp3) is 0.364. The Balaban J connectivity index is 2.48. The molecular formula is C11H11BrF3NO2. The topological polar surface area (TPSA) is 38.3 Å². The minimum Gasteiger partial charge on any atom is -0.406 e. The first-order valence-corrected chi connectivity index (χ1v) is 6.20. The van der Waals surface area contributed by atoms with E-state index in [2.05, 4.69) is 26.0 Å². The fourth-order valence-corrected chi connectivity index (χ4v) is 1.54. The van der Waals surface area contributed by atoms with Crippen LogP contribution in [0.3, 0.4) is 0 Å². The first kappa shape index (κ1) is 14.8. The lowest BCUT2D eigenvalue weighted by atomic mass is 10.2. The highest BCUT2D eigenvalue weighted by Gasteiger charge is 2.30. The quantitative estimate of drug-likeness (QED) is 0.845. The lowest BCUT2D eigenvalue weighted by molar-refractivity contribution is -0.274. The molecule has 18 heavy (non-hydrogen) atoms. The first-order valence-electron chi connectivity index (χ1n) is 5.08. The summed E-state index contributed by atoms with van der Waals surface area (Å²) in [4.78, 5) is 11.2. The molecule has 0 saturated heterocycles. The van der Waals surface area contributed by atoms with Gasteiger partial charge in [0.25, 0.3) is 0 Å². The number of halogens is 4. The predicted octanol–water partition coefficient (Wildman–Crippen LogP) is 2.99. The van der Waals surface area contributed by atoms with E-state index >= 15 is 0 Å². The van der Waals surface area contributed by atoms with Crippen molar-refractivity contribution < 1.29 is 22.7 Å². The highest BCUT2D eigenvalue weighted by Crippen LogP contribution is 2.22. The van der Waals surface area contributed by atoms with E-state index in [-0.39, 0.29) is 18.2 Å². The van der Waals surface area contributed by atoms with Crippen molar-refractivity contribution in [1.29, 1.82) is 0 Å². The Kier molecular flexibility index (Phi) is 5.46. The van der Waals surface area contributed by atoms with Crippen molar-refractivity contribution in [1.82, 2.24) is 5.32 Å². The van der Waals surface area contributed by atoms with E-state index in [0.29, 0.717) is 17.3 Å². The number of nitrogens with one attached hydrogen (secondary N) is 1. The number of hydrogen-bond donors (Lipinski definition) is 1. The summed E-state index contributed by atoms with van der Waals surface area (Å²) in [5.41, 5.74) is 0.701. The average Bonchev–Trinajstić information content (AvgIpc) is 2.26. The monoisotopic (exact) mass is 325 g/mol. The van der Waals surface area contributed by atoms with Crippen LogP contribution in [0.1, 0.15) is 12.0 Å². The first-order chi connectivity index (χ1) is 8.40. The lowest BCUT2D eigenvalue weighted by Gasteiger charge is -2.09. The van der Waals surface area contributed by atoms with E-state index in [1.807, 2.05) is 0 Å². The van der Waals surface area contributed by atoms with Crippen LogP contribution in [0.25, 0.3) is 0 Å². The van der Waals surface area contributed by atoms with Crippen LogP contribution in [-0.2, 0) is 11.3 Å². The summed E-state index contributed by atoms with van der Waals surface area (Å²) in [6.07, 6.45) is -4.33. The maximum absolute atomic E-state index is 11.9. The summed E-state index contributed by atoms with van der Waals surface area (Å²) in [5, 5.41) is 3.20. The number of amides is 1. The van der Waals surface area contributed by atoms with E-state index < -0.39 is 6.36 Å². The largest absolute Gasteiger partial charge is 0.573 e. The lowest BCUT2D eigenvalue weighted by Crippen LogP contribution is -2.22. The van der Waals surface area contributed by atoms with Crippen LogP contribution in [-0.4, -0.2) is 17.6 Å². The molecule has 0 radical (unpaired) electrons. The van der Waals surface area contributed by atoms with Crippen LogP contribution in [0, 0.1) is 0 Å². The highest BCUT2D eigenvalue weighted by atomic mass is 79.9. The third-order valence-electron chi connectivity index (χ3n) is 1.97. The Morgan fingerprint density at radius 2 is 1.89 bits per heavy atom.